The fourth-order valence-electron chi connectivity index (χ4n) is 2.44. The monoisotopic (exact) mass is 270 g/mol. The van der Waals surface area contributed by atoms with Gasteiger partial charge in [-0.05, 0) is 25.7 Å². The van der Waals surface area contributed by atoms with Crippen LogP contribution in [-0.2, 0) is 0 Å². The van der Waals surface area contributed by atoms with Crippen molar-refractivity contribution in [2.45, 2.75) is 110 Å². The van der Waals surface area contributed by atoms with Gasteiger partial charge in [0.25, 0.3) is 0 Å². The highest BCUT2D eigenvalue weighted by Crippen LogP contribution is 2.19. The molecular formula is C18H38O. The van der Waals surface area contributed by atoms with E-state index in [0.717, 1.165) is 18.8 Å². The topological polar surface area (TPSA) is 20.2 Å². The van der Waals surface area contributed by atoms with Crippen LogP contribution in [0.5, 0.6) is 0 Å². The number of hydrogen-bond donors (Lipinski definition) is 1. The smallest absolute Gasteiger partial charge is 0.0617 e. The summed E-state index contributed by atoms with van der Waals surface area (Å²) in [5.41, 5.74) is -0.421. The minimum Gasteiger partial charge on any atom is -0.390 e. The Morgan fingerprint density at radius 3 is 1.79 bits per heavy atom. The lowest BCUT2D eigenvalue weighted by Crippen LogP contribution is -2.22. The Morgan fingerprint density at radius 1 is 0.842 bits per heavy atom. The van der Waals surface area contributed by atoms with E-state index in [4.69, 9.17) is 0 Å². The summed E-state index contributed by atoms with van der Waals surface area (Å²) >= 11 is 0. The third-order valence-electron chi connectivity index (χ3n) is 4.62. The Balaban J connectivity index is 3.15. The summed E-state index contributed by atoms with van der Waals surface area (Å²) in [5, 5.41) is 9.89. The maximum Gasteiger partial charge on any atom is 0.0617 e. The van der Waals surface area contributed by atoms with Crippen LogP contribution < -0.4 is 0 Å². The Kier molecular flexibility index (Phi) is 11.7. The summed E-state index contributed by atoms with van der Waals surface area (Å²) < 4.78 is 0. The van der Waals surface area contributed by atoms with Crippen LogP contribution in [0.3, 0.4) is 0 Å². The van der Waals surface area contributed by atoms with Crippen LogP contribution >= 0.6 is 0 Å². The first kappa shape index (κ1) is 19.0. The second-order valence-corrected chi connectivity index (χ2v) is 6.73. The van der Waals surface area contributed by atoms with Gasteiger partial charge in [0.05, 0.1) is 5.60 Å². The van der Waals surface area contributed by atoms with Crippen LogP contribution in [-0.4, -0.2) is 10.7 Å². The largest absolute Gasteiger partial charge is 0.390 e. The van der Waals surface area contributed by atoms with Gasteiger partial charge in [-0.3, -0.25) is 0 Å². The fraction of sp³-hybridized carbons (Fsp3) is 1.00. The summed E-state index contributed by atoms with van der Waals surface area (Å²) in [7, 11) is 0. The van der Waals surface area contributed by atoms with Crippen molar-refractivity contribution in [1.82, 2.24) is 0 Å². The van der Waals surface area contributed by atoms with Gasteiger partial charge >= 0.3 is 0 Å². The molecule has 0 spiro atoms. The summed E-state index contributed by atoms with van der Waals surface area (Å²) in [6.07, 6.45) is 15.5. The molecule has 1 N–H and O–H groups in total. The van der Waals surface area contributed by atoms with Crippen molar-refractivity contribution >= 4 is 0 Å². The highest BCUT2D eigenvalue weighted by Gasteiger charge is 2.15. The minimum absolute atomic E-state index is 0.421. The molecule has 0 aromatic carbocycles. The highest BCUT2D eigenvalue weighted by molar-refractivity contribution is 4.69. The van der Waals surface area contributed by atoms with Crippen molar-refractivity contribution in [2.75, 3.05) is 0 Å². The van der Waals surface area contributed by atoms with Gasteiger partial charge in [-0.1, -0.05) is 85.0 Å². The molecule has 2 unspecified atom stereocenters. The predicted molar refractivity (Wildman–Crippen MR) is 86.5 cm³/mol. The highest BCUT2D eigenvalue weighted by atomic mass is 16.3. The number of hydrogen-bond acceptors (Lipinski definition) is 1. The van der Waals surface area contributed by atoms with Gasteiger partial charge in [-0.25, -0.2) is 0 Å². The average molecular weight is 271 g/mol. The summed E-state index contributed by atoms with van der Waals surface area (Å²) in [6.45, 7) is 8.69. The molecule has 0 aromatic rings. The fourth-order valence-corrected chi connectivity index (χ4v) is 2.44. The molecule has 19 heavy (non-hydrogen) atoms. The third-order valence-corrected chi connectivity index (χ3v) is 4.62. The molecule has 0 aliphatic carbocycles. The van der Waals surface area contributed by atoms with Crippen molar-refractivity contribution in [3.05, 3.63) is 0 Å². The Morgan fingerprint density at radius 2 is 1.32 bits per heavy atom. The first-order chi connectivity index (χ1) is 9.02. The van der Waals surface area contributed by atoms with Gasteiger partial charge in [0.2, 0.25) is 0 Å². The molecule has 1 nitrogen and oxygen atoms in total. The number of aliphatic hydroxyl groups is 1. The van der Waals surface area contributed by atoms with Crippen LogP contribution in [0.25, 0.3) is 0 Å². The molecule has 0 rings (SSSR count). The van der Waals surface area contributed by atoms with Gasteiger partial charge in [0.15, 0.2) is 0 Å². The molecule has 1 heteroatoms. The third kappa shape index (κ3) is 12.7. The lowest BCUT2D eigenvalue weighted by atomic mass is 9.95. The maximum atomic E-state index is 9.89. The molecular weight excluding hydrogens is 232 g/mol. The Labute approximate surface area is 122 Å². The summed E-state index contributed by atoms with van der Waals surface area (Å²) in [6, 6.07) is 0. The van der Waals surface area contributed by atoms with E-state index in [1.807, 2.05) is 6.92 Å². The summed E-state index contributed by atoms with van der Waals surface area (Å²) in [5.74, 6) is 0.923. The van der Waals surface area contributed by atoms with E-state index in [1.54, 1.807) is 0 Å². The minimum atomic E-state index is -0.421. The van der Waals surface area contributed by atoms with Crippen LogP contribution in [0.2, 0.25) is 0 Å². The van der Waals surface area contributed by atoms with Crippen molar-refractivity contribution in [3.63, 3.8) is 0 Å². The lowest BCUT2D eigenvalue weighted by molar-refractivity contribution is 0.0442. The zero-order valence-corrected chi connectivity index (χ0v) is 14.0. The van der Waals surface area contributed by atoms with E-state index in [-0.39, 0.29) is 0 Å². The standard InChI is InChI=1S/C18H38O/c1-5-17(3)15-13-11-9-7-8-10-12-14-16-18(4,19)6-2/h17,19H,5-16H2,1-4H3. The molecule has 0 aliphatic heterocycles. The second-order valence-electron chi connectivity index (χ2n) is 6.73. The van der Waals surface area contributed by atoms with Gasteiger partial charge in [-0.15, -0.1) is 0 Å². The van der Waals surface area contributed by atoms with E-state index >= 15 is 0 Å². The molecule has 116 valence electrons. The van der Waals surface area contributed by atoms with E-state index < -0.39 is 5.60 Å². The Hall–Kier alpha value is -0.0400. The van der Waals surface area contributed by atoms with Crippen molar-refractivity contribution in [3.8, 4) is 0 Å². The molecule has 0 radical (unpaired) electrons. The van der Waals surface area contributed by atoms with Crippen LogP contribution in [0.15, 0.2) is 0 Å². The zero-order chi connectivity index (χ0) is 14.6. The SMILES string of the molecule is CCC(C)CCCCCCCCCCC(C)(O)CC. The van der Waals surface area contributed by atoms with Gasteiger partial charge < -0.3 is 5.11 Å². The maximum absolute atomic E-state index is 9.89. The molecule has 2 atom stereocenters. The first-order valence-corrected chi connectivity index (χ1v) is 8.74. The molecule has 0 fully saturated rings. The molecule has 0 saturated heterocycles. The predicted octanol–water partition coefficient (Wildman–Crippen LogP) is 6.09. The molecule has 0 saturated carbocycles. The van der Waals surface area contributed by atoms with Crippen LogP contribution in [0, 0.1) is 5.92 Å². The van der Waals surface area contributed by atoms with Crippen LogP contribution in [0.4, 0.5) is 0 Å². The van der Waals surface area contributed by atoms with E-state index in [9.17, 15) is 5.11 Å². The molecule has 0 amide bonds. The summed E-state index contributed by atoms with van der Waals surface area (Å²) in [4.78, 5) is 0. The van der Waals surface area contributed by atoms with Crippen molar-refractivity contribution < 1.29 is 5.11 Å². The van der Waals surface area contributed by atoms with Crippen LogP contribution in [0.1, 0.15) is 105 Å². The lowest BCUT2D eigenvalue weighted by Gasteiger charge is -2.20. The molecule has 0 bridgehead atoms. The van der Waals surface area contributed by atoms with E-state index in [2.05, 4.69) is 20.8 Å². The van der Waals surface area contributed by atoms with Gasteiger partial charge in [0, 0.05) is 0 Å². The van der Waals surface area contributed by atoms with E-state index in [0.29, 0.717) is 0 Å². The quantitative estimate of drug-likeness (QED) is 0.401. The van der Waals surface area contributed by atoms with Crippen molar-refractivity contribution in [2.24, 2.45) is 5.92 Å². The zero-order valence-electron chi connectivity index (χ0n) is 14.0. The van der Waals surface area contributed by atoms with Gasteiger partial charge in [0.1, 0.15) is 0 Å². The first-order valence-electron chi connectivity index (χ1n) is 8.74. The molecule has 0 heterocycles. The van der Waals surface area contributed by atoms with E-state index in [1.165, 1.54) is 64.2 Å². The van der Waals surface area contributed by atoms with Gasteiger partial charge in [-0.2, -0.15) is 0 Å². The molecule has 0 aromatic heterocycles. The Bertz CT molecular complexity index is 186. The molecule has 0 aliphatic rings. The average Bonchev–Trinajstić information content (AvgIpc) is 2.40. The normalized spacial score (nSPS) is 16.3. The number of unbranched alkanes of at least 4 members (excludes halogenated alkanes) is 7. The number of rotatable bonds is 13. The second kappa shape index (κ2) is 11.8. The van der Waals surface area contributed by atoms with Crippen molar-refractivity contribution in [1.29, 1.82) is 0 Å².